The summed E-state index contributed by atoms with van der Waals surface area (Å²) in [4.78, 5) is 0. The van der Waals surface area contributed by atoms with Crippen molar-refractivity contribution in [2.45, 2.75) is 24.4 Å². The molecule has 0 aliphatic heterocycles. The van der Waals surface area contributed by atoms with Crippen LogP contribution in [-0.4, -0.2) is 23.1 Å². The summed E-state index contributed by atoms with van der Waals surface area (Å²) >= 11 is 0. The monoisotopic (exact) mass is 333 g/mol. The predicted octanol–water partition coefficient (Wildman–Crippen LogP) is 4.36. The van der Waals surface area contributed by atoms with Gasteiger partial charge in [0.1, 0.15) is 11.6 Å². The SMILES string of the molecule is OC(C(C1=C=CCC=C1)C1=CC=CC=[C+]1)(C(F)(F)F)C(F)(F)F. The van der Waals surface area contributed by atoms with Crippen molar-refractivity contribution in [2.75, 3.05) is 0 Å². The largest absolute Gasteiger partial charge is 0.427 e. The van der Waals surface area contributed by atoms with Crippen molar-refractivity contribution >= 4 is 0 Å². The van der Waals surface area contributed by atoms with Crippen LogP contribution in [0.4, 0.5) is 26.3 Å². The second kappa shape index (κ2) is 5.85. The van der Waals surface area contributed by atoms with Gasteiger partial charge in [-0.3, -0.25) is 0 Å². The quantitative estimate of drug-likeness (QED) is 0.462. The summed E-state index contributed by atoms with van der Waals surface area (Å²) in [6, 6.07) is 0. The molecule has 1 atom stereocenters. The molecule has 0 bridgehead atoms. The number of aliphatic hydroxyl groups is 1. The van der Waals surface area contributed by atoms with E-state index < -0.39 is 35.0 Å². The molecular formula is C16H11F6O+. The van der Waals surface area contributed by atoms with E-state index in [4.69, 9.17) is 0 Å². The van der Waals surface area contributed by atoms with E-state index >= 15 is 0 Å². The zero-order valence-corrected chi connectivity index (χ0v) is 11.5. The topological polar surface area (TPSA) is 20.2 Å². The molecule has 0 saturated heterocycles. The van der Waals surface area contributed by atoms with Crippen molar-refractivity contribution in [3.8, 4) is 0 Å². The van der Waals surface area contributed by atoms with Gasteiger partial charge in [0.25, 0.3) is 5.60 Å². The summed E-state index contributed by atoms with van der Waals surface area (Å²) in [5.74, 6) is -2.42. The Kier molecular flexibility index (Phi) is 4.40. The summed E-state index contributed by atoms with van der Waals surface area (Å²) in [5.41, 5.74) is -3.39. The van der Waals surface area contributed by atoms with Crippen molar-refractivity contribution in [2.24, 2.45) is 5.92 Å². The van der Waals surface area contributed by atoms with Crippen molar-refractivity contribution in [3.63, 3.8) is 0 Å². The fourth-order valence-corrected chi connectivity index (χ4v) is 2.36. The van der Waals surface area contributed by atoms with Crippen molar-refractivity contribution in [1.29, 1.82) is 0 Å². The molecule has 1 unspecified atom stereocenters. The molecule has 0 saturated carbocycles. The molecule has 2 rings (SSSR count). The first-order chi connectivity index (χ1) is 10.6. The zero-order valence-electron chi connectivity index (χ0n) is 11.5. The lowest BCUT2D eigenvalue weighted by Crippen LogP contribution is -2.62. The average Bonchev–Trinajstić information content (AvgIpc) is 2.47. The summed E-state index contributed by atoms with van der Waals surface area (Å²) < 4.78 is 79.4. The Morgan fingerprint density at radius 3 is 2.17 bits per heavy atom. The van der Waals surface area contributed by atoms with E-state index in [0.29, 0.717) is 6.42 Å². The molecule has 0 aromatic rings. The van der Waals surface area contributed by atoms with Crippen LogP contribution in [0, 0.1) is 12.0 Å². The van der Waals surface area contributed by atoms with Gasteiger partial charge < -0.3 is 5.11 Å². The molecule has 7 heteroatoms. The maximum Gasteiger partial charge on any atom is 0.427 e. The Morgan fingerprint density at radius 2 is 1.74 bits per heavy atom. The number of rotatable bonds is 3. The average molecular weight is 333 g/mol. The van der Waals surface area contributed by atoms with Crippen molar-refractivity contribution < 1.29 is 31.4 Å². The van der Waals surface area contributed by atoms with Crippen LogP contribution in [0.3, 0.4) is 0 Å². The zero-order chi connectivity index (χ0) is 17.3. The van der Waals surface area contributed by atoms with Gasteiger partial charge in [0.2, 0.25) is 0 Å². The predicted molar refractivity (Wildman–Crippen MR) is 70.9 cm³/mol. The summed E-state index contributed by atoms with van der Waals surface area (Å²) in [5, 5.41) is 9.77. The van der Waals surface area contributed by atoms with Gasteiger partial charge in [-0.05, 0) is 12.5 Å². The molecule has 1 N–H and O–H groups in total. The van der Waals surface area contributed by atoms with Gasteiger partial charge in [-0.15, -0.1) is 5.73 Å². The van der Waals surface area contributed by atoms with Gasteiger partial charge in [-0.1, -0.05) is 12.2 Å². The van der Waals surface area contributed by atoms with E-state index in [1.807, 2.05) is 0 Å². The number of allylic oxidation sites excluding steroid dienone is 7. The second-order valence-corrected chi connectivity index (χ2v) is 4.95. The van der Waals surface area contributed by atoms with E-state index in [-0.39, 0.29) is 0 Å². The maximum atomic E-state index is 13.2. The lowest BCUT2D eigenvalue weighted by atomic mass is 9.74. The maximum absolute atomic E-state index is 13.2. The molecule has 0 heterocycles. The number of hydrogen-bond acceptors (Lipinski definition) is 1. The molecule has 23 heavy (non-hydrogen) atoms. The van der Waals surface area contributed by atoms with Crippen LogP contribution < -0.4 is 0 Å². The Hall–Kier alpha value is -2.07. The molecule has 0 amide bonds. The molecule has 2 aliphatic carbocycles. The third kappa shape index (κ3) is 3.04. The minimum atomic E-state index is -5.93. The Morgan fingerprint density at radius 1 is 1.09 bits per heavy atom. The second-order valence-electron chi connectivity index (χ2n) is 4.95. The fourth-order valence-electron chi connectivity index (χ4n) is 2.36. The number of hydrogen-bond donors (Lipinski definition) is 1. The van der Waals surface area contributed by atoms with E-state index in [1.165, 1.54) is 30.4 Å². The first-order valence-electron chi connectivity index (χ1n) is 6.53. The third-order valence-electron chi connectivity index (χ3n) is 3.46. The highest BCUT2D eigenvalue weighted by Crippen LogP contribution is 2.52. The van der Waals surface area contributed by atoms with Gasteiger partial charge in [0, 0.05) is 23.8 Å². The van der Waals surface area contributed by atoms with Gasteiger partial charge in [-0.25, -0.2) is 0 Å². The van der Waals surface area contributed by atoms with E-state index in [1.54, 1.807) is 0 Å². The van der Waals surface area contributed by atoms with E-state index in [2.05, 4.69) is 11.8 Å². The highest BCUT2D eigenvalue weighted by atomic mass is 19.4. The standard InChI is InChI=1S/C16H11F6O/c17-15(18,19)14(23,16(20,21)22)13(11-7-3-1-4-8-11)12-9-5-2-6-10-12/h1,3-7,9,13,23H,2H2/q+1. The Bertz CT molecular complexity index is 637. The Balaban J connectivity index is 2.71. The smallest absolute Gasteiger partial charge is 0.373 e. The lowest BCUT2D eigenvalue weighted by Gasteiger charge is -2.38. The minimum Gasteiger partial charge on any atom is -0.373 e. The number of alkyl halides is 6. The molecule has 0 spiro atoms. The minimum absolute atomic E-state index is 0.338. The van der Waals surface area contributed by atoms with Gasteiger partial charge in [-0.2, -0.15) is 26.3 Å². The van der Waals surface area contributed by atoms with Crippen molar-refractivity contribution in [1.82, 2.24) is 0 Å². The first-order valence-corrected chi connectivity index (χ1v) is 6.53. The highest BCUT2D eigenvalue weighted by Gasteiger charge is 2.75. The van der Waals surface area contributed by atoms with Crippen LogP contribution in [-0.2, 0) is 0 Å². The van der Waals surface area contributed by atoms with Crippen LogP contribution in [0.2, 0.25) is 0 Å². The lowest BCUT2D eigenvalue weighted by molar-refractivity contribution is -0.377. The molecule has 122 valence electrons. The summed E-state index contributed by atoms with van der Waals surface area (Å²) in [6.45, 7) is 0. The molecule has 1 nitrogen and oxygen atoms in total. The highest BCUT2D eigenvalue weighted by molar-refractivity contribution is 5.42. The van der Waals surface area contributed by atoms with Crippen molar-refractivity contribution in [3.05, 3.63) is 65.5 Å². The van der Waals surface area contributed by atoms with Crippen LogP contribution in [0.1, 0.15) is 6.42 Å². The van der Waals surface area contributed by atoms with Gasteiger partial charge in [0.15, 0.2) is 0 Å². The molecule has 0 fully saturated rings. The van der Waals surface area contributed by atoms with E-state index in [9.17, 15) is 31.4 Å². The first kappa shape index (κ1) is 17.3. The van der Waals surface area contributed by atoms with Crippen LogP contribution in [0.25, 0.3) is 0 Å². The number of halogens is 6. The molecule has 2 aliphatic rings. The van der Waals surface area contributed by atoms with Crippen LogP contribution >= 0.6 is 0 Å². The van der Waals surface area contributed by atoms with Crippen LogP contribution in [0.5, 0.6) is 0 Å². The Labute approximate surface area is 128 Å². The van der Waals surface area contributed by atoms with Gasteiger partial charge >= 0.3 is 12.4 Å². The molecule has 0 aromatic carbocycles. The molecule has 0 aromatic heterocycles. The summed E-state index contributed by atoms with van der Waals surface area (Å²) in [7, 11) is 0. The third-order valence-corrected chi connectivity index (χ3v) is 3.46. The fraction of sp³-hybridized carbons (Fsp3) is 0.312. The molecular weight excluding hydrogens is 322 g/mol. The molecule has 0 radical (unpaired) electrons. The summed E-state index contributed by atoms with van der Waals surface area (Å²) in [6.07, 6.45) is -0.438. The normalized spacial score (nSPS) is 19.3. The van der Waals surface area contributed by atoms with Gasteiger partial charge in [0.05, 0.1) is 12.0 Å². The van der Waals surface area contributed by atoms with Crippen LogP contribution in [0.15, 0.2) is 59.4 Å². The van der Waals surface area contributed by atoms with E-state index in [0.717, 1.165) is 12.2 Å².